The quantitative estimate of drug-likeness (QED) is 0.802. The molecule has 1 atom stereocenters. The zero-order valence-electron chi connectivity index (χ0n) is 16.5. The summed E-state index contributed by atoms with van der Waals surface area (Å²) in [4.78, 5) is 29.7. The first-order valence-electron chi connectivity index (χ1n) is 9.36. The zero-order valence-corrected chi connectivity index (χ0v) is 16.5. The molecule has 0 aliphatic carbocycles. The van der Waals surface area contributed by atoms with Crippen molar-refractivity contribution < 1.29 is 14.3 Å². The van der Waals surface area contributed by atoms with E-state index in [9.17, 15) is 9.59 Å². The average molecular weight is 382 g/mol. The minimum absolute atomic E-state index is 0.0492. The predicted octanol–water partition coefficient (Wildman–Crippen LogP) is 2.59. The number of ether oxygens (including phenoxy) is 1. The second-order valence-electron chi connectivity index (χ2n) is 7.01. The van der Waals surface area contributed by atoms with Crippen molar-refractivity contribution in [3.63, 3.8) is 0 Å². The van der Waals surface area contributed by atoms with E-state index in [1.165, 1.54) is 6.92 Å². The Kier molecular flexibility index (Phi) is 6.13. The summed E-state index contributed by atoms with van der Waals surface area (Å²) >= 11 is 0. The molecule has 28 heavy (non-hydrogen) atoms. The van der Waals surface area contributed by atoms with Crippen molar-refractivity contribution in [1.29, 1.82) is 0 Å². The van der Waals surface area contributed by atoms with Crippen LogP contribution in [0.2, 0.25) is 0 Å². The molecule has 0 spiro atoms. The molecule has 1 saturated heterocycles. The highest BCUT2D eigenvalue weighted by Gasteiger charge is 2.28. The van der Waals surface area contributed by atoms with Crippen molar-refractivity contribution >= 4 is 23.2 Å². The average Bonchev–Trinajstić information content (AvgIpc) is 3.16. The van der Waals surface area contributed by atoms with E-state index in [4.69, 9.17) is 4.74 Å². The van der Waals surface area contributed by atoms with Crippen LogP contribution in [0.25, 0.3) is 0 Å². The molecule has 2 heterocycles. The Morgan fingerprint density at radius 1 is 1.21 bits per heavy atom. The molecule has 1 aliphatic rings. The summed E-state index contributed by atoms with van der Waals surface area (Å²) in [6.45, 7) is 4.73. The van der Waals surface area contributed by atoms with Gasteiger partial charge < -0.3 is 20.3 Å². The number of nitrogens with zero attached hydrogens (tertiary/aromatic N) is 2. The van der Waals surface area contributed by atoms with Gasteiger partial charge in [-0.2, -0.15) is 0 Å². The summed E-state index contributed by atoms with van der Waals surface area (Å²) < 4.78 is 5.19. The molecular formula is C21H26N4O3. The molecule has 148 valence electrons. The smallest absolute Gasteiger partial charge is 0.241 e. The number of hydrogen-bond acceptors (Lipinski definition) is 5. The Morgan fingerprint density at radius 2 is 1.96 bits per heavy atom. The minimum Gasteiger partial charge on any atom is -0.497 e. The van der Waals surface area contributed by atoms with Gasteiger partial charge in [-0.25, -0.2) is 0 Å². The summed E-state index contributed by atoms with van der Waals surface area (Å²) in [7, 11) is 1.65. The third-order valence-electron chi connectivity index (χ3n) is 4.80. The fourth-order valence-electron chi connectivity index (χ4n) is 3.36. The van der Waals surface area contributed by atoms with Crippen LogP contribution in [0, 0.1) is 6.92 Å². The Labute approximate surface area is 165 Å². The first-order valence-corrected chi connectivity index (χ1v) is 9.36. The van der Waals surface area contributed by atoms with Crippen LogP contribution >= 0.6 is 0 Å². The zero-order chi connectivity index (χ0) is 20.1. The van der Waals surface area contributed by atoms with Crippen molar-refractivity contribution in [3.05, 3.63) is 47.8 Å². The number of nitrogens with one attached hydrogen (secondary N) is 2. The summed E-state index contributed by atoms with van der Waals surface area (Å²) in [6, 6.07) is 11.8. The van der Waals surface area contributed by atoms with Crippen molar-refractivity contribution in [2.24, 2.45) is 0 Å². The second kappa shape index (κ2) is 8.73. The highest BCUT2D eigenvalue weighted by atomic mass is 16.5. The molecule has 3 rings (SSSR count). The van der Waals surface area contributed by atoms with Crippen molar-refractivity contribution in [2.75, 3.05) is 32.1 Å². The van der Waals surface area contributed by atoms with Crippen molar-refractivity contribution in [2.45, 2.75) is 26.2 Å². The molecule has 0 saturated carbocycles. The maximum Gasteiger partial charge on any atom is 0.241 e. The molecule has 1 fully saturated rings. The number of rotatable bonds is 6. The molecule has 1 aromatic carbocycles. The van der Waals surface area contributed by atoms with E-state index in [0.717, 1.165) is 34.9 Å². The molecule has 2 N–H and O–H groups in total. The van der Waals surface area contributed by atoms with Crippen molar-refractivity contribution in [3.8, 4) is 5.75 Å². The minimum atomic E-state index is -0.196. The van der Waals surface area contributed by atoms with Gasteiger partial charge in [-0.3, -0.25) is 14.6 Å². The van der Waals surface area contributed by atoms with Gasteiger partial charge in [-0.05, 0) is 49.7 Å². The lowest BCUT2D eigenvalue weighted by molar-refractivity contribution is -0.131. The summed E-state index contributed by atoms with van der Waals surface area (Å²) in [5, 5.41) is 5.97. The number of hydrogen-bond donors (Lipinski definition) is 2. The van der Waals surface area contributed by atoms with E-state index in [1.807, 2.05) is 43.3 Å². The van der Waals surface area contributed by atoms with Crippen LogP contribution in [0.4, 0.5) is 11.4 Å². The maximum atomic E-state index is 12.2. The first kappa shape index (κ1) is 19.7. The number of carbonyl (C=O) groups is 2. The number of anilines is 2. The Bertz CT molecular complexity index is 851. The van der Waals surface area contributed by atoms with Crippen LogP contribution in [-0.4, -0.2) is 48.4 Å². The van der Waals surface area contributed by atoms with Gasteiger partial charge in [0.15, 0.2) is 0 Å². The van der Waals surface area contributed by atoms with Gasteiger partial charge >= 0.3 is 0 Å². The Balaban J connectivity index is 1.67. The van der Waals surface area contributed by atoms with E-state index in [1.54, 1.807) is 12.0 Å². The van der Waals surface area contributed by atoms with Crippen LogP contribution in [0.5, 0.6) is 5.75 Å². The lowest BCUT2D eigenvalue weighted by Crippen LogP contribution is -2.38. The van der Waals surface area contributed by atoms with Crippen LogP contribution in [-0.2, 0) is 9.59 Å². The standard InChI is InChI=1S/C21H26N4O3/c1-14-10-18(24-17-4-6-19(28-3)7-5-17)11-20(23-14)16-8-9-25(13-16)21(27)12-22-15(2)26/h4-7,10-11,16H,8-9,12-13H2,1-3H3,(H,22,26)(H,23,24). The molecule has 1 aliphatic heterocycles. The van der Waals surface area contributed by atoms with E-state index >= 15 is 0 Å². The van der Waals surface area contributed by atoms with Gasteiger partial charge in [0.1, 0.15) is 5.75 Å². The normalized spacial score (nSPS) is 16.0. The molecule has 2 amide bonds. The number of aromatic nitrogens is 1. The fourth-order valence-corrected chi connectivity index (χ4v) is 3.36. The molecule has 7 nitrogen and oxygen atoms in total. The molecular weight excluding hydrogens is 356 g/mol. The number of amides is 2. The maximum absolute atomic E-state index is 12.2. The van der Waals surface area contributed by atoms with Crippen LogP contribution in [0.1, 0.15) is 30.7 Å². The lowest BCUT2D eigenvalue weighted by Gasteiger charge is -2.17. The Hall–Kier alpha value is -3.09. The van der Waals surface area contributed by atoms with E-state index in [2.05, 4.69) is 15.6 Å². The van der Waals surface area contributed by atoms with Gasteiger partial charge in [0.25, 0.3) is 0 Å². The highest BCUT2D eigenvalue weighted by molar-refractivity contribution is 5.83. The SMILES string of the molecule is COc1ccc(Nc2cc(C)nc(C3CCN(C(=O)CNC(C)=O)C3)c2)cc1. The molecule has 1 unspecified atom stereocenters. The van der Waals surface area contributed by atoms with Gasteiger partial charge in [0, 0.05) is 48.7 Å². The van der Waals surface area contributed by atoms with Crippen molar-refractivity contribution in [1.82, 2.24) is 15.2 Å². The number of likely N-dealkylation sites (tertiary alicyclic amines) is 1. The molecule has 7 heteroatoms. The topological polar surface area (TPSA) is 83.6 Å². The third-order valence-corrected chi connectivity index (χ3v) is 4.80. The predicted molar refractivity (Wildman–Crippen MR) is 108 cm³/mol. The fraction of sp³-hybridized carbons (Fsp3) is 0.381. The summed E-state index contributed by atoms with van der Waals surface area (Å²) in [6.07, 6.45) is 0.865. The van der Waals surface area contributed by atoms with Crippen LogP contribution in [0.15, 0.2) is 36.4 Å². The second-order valence-corrected chi connectivity index (χ2v) is 7.01. The molecule has 1 aromatic heterocycles. The monoisotopic (exact) mass is 382 g/mol. The summed E-state index contributed by atoms with van der Waals surface area (Å²) in [5.41, 5.74) is 3.84. The van der Waals surface area contributed by atoms with Gasteiger partial charge in [0.2, 0.25) is 11.8 Å². The lowest BCUT2D eigenvalue weighted by atomic mass is 10.0. The number of methoxy groups -OCH3 is 1. The molecule has 0 radical (unpaired) electrons. The molecule has 0 bridgehead atoms. The third kappa shape index (κ3) is 5.00. The summed E-state index contributed by atoms with van der Waals surface area (Å²) in [5.74, 6) is 0.755. The van der Waals surface area contributed by atoms with Gasteiger partial charge in [-0.1, -0.05) is 0 Å². The first-order chi connectivity index (χ1) is 13.4. The number of benzene rings is 1. The van der Waals surface area contributed by atoms with Crippen LogP contribution < -0.4 is 15.4 Å². The van der Waals surface area contributed by atoms with E-state index in [-0.39, 0.29) is 24.3 Å². The number of aryl methyl sites for hydroxylation is 1. The Morgan fingerprint density at radius 3 is 2.64 bits per heavy atom. The van der Waals surface area contributed by atoms with Gasteiger partial charge in [-0.15, -0.1) is 0 Å². The van der Waals surface area contributed by atoms with Gasteiger partial charge in [0.05, 0.1) is 13.7 Å². The molecule has 2 aromatic rings. The van der Waals surface area contributed by atoms with E-state index in [0.29, 0.717) is 13.1 Å². The number of carbonyl (C=O) groups excluding carboxylic acids is 2. The highest BCUT2D eigenvalue weighted by Crippen LogP contribution is 2.29. The number of pyridine rings is 1. The van der Waals surface area contributed by atoms with Crippen LogP contribution in [0.3, 0.4) is 0 Å². The van der Waals surface area contributed by atoms with E-state index < -0.39 is 0 Å². The largest absolute Gasteiger partial charge is 0.497 e.